The van der Waals surface area contributed by atoms with Crippen molar-refractivity contribution in [2.45, 2.75) is 77.4 Å². The van der Waals surface area contributed by atoms with Crippen LogP contribution >= 0.6 is 0 Å². The number of nitrogens with zero attached hydrogens (tertiary/aromatic N) is 1. The van der Waals surface area contributed by atoms with Crippen LogP contribution in [0.3, 0.4) is 0 Å². The Bertz CT molecular complexity index is 798. The molecule has 1 aromatic rings. The molecule has 7 heteroatoms. The van der Waals surface area contributed by atoms with Crippen LogP contribution in [0.5, 0.6) is 5.75 Å². The number of aryl methyl sites for hydroxylation is 1. The van der Waals surface area contributed by atoms with Crippen molar-refractivity contribution in [2.24, 2.45) is 28.0 Å². The summed E-state index contributed by atoms with van der Waals surface area (Å²) in [4.78, 5) is 20.9. The van der Waals surface area contributed by atoms with E-state index in [0.717, 1.165) is 17.7 Å². The minimum Gasteiger partial charge on any atom is -0.486 e. The molecule has 0 amide bonds. The van der Waals surface area contributed by atoms with Crippen LogP contribution in [0.4, 0.5) is 0 Å². The van der Waals surface area contributed by atoms with Gasteiger partial charge in [0, 0.05) is 12.1 Å². The molecule has 30 heavy (non-hydrogen) atoms. The molecule has 1 aromatic carbocycles. The summed E-state index contributed by atoms with van der Waals surface area (Å²) in [6.07, 6.45) is 7.28. The molecule has 4 rings (SSSR count). The lowest BCUT2D eigenvalue weighted by molar-refractivity contribution is -0.179. The molecule has 0 aromatic heterocycles. The summed E-state index contributed by atoms with van der Waals surface area (Å²) < 4.78 is 5.88. The molecular formula is C23H35N3O4. The van der Waals surface area contributed by atoms with Gasteiger partial charge < -0.3 is 15.6 Å². The van der Waals surface area contributed by atoms with Crippen LogP contribution in [0.1, 0.15) is 70.4 Å². The summed E-state index contributed by atoms with van der Waals surface area (Å²) in [6.45, 7) is 6.23. The van der Waals surface area contributed by atoms with Crippen LogP contribution in [0.2, 0.25) is 0 Å². The first-order valence-electron chi connectivity index (χ1n) is 11.1. The quantitative estimate of drug-likeness (QED) is 0.370. The Labute approximate surface area is 178 Å². The molecule has 1 spiro atoms. The third-order valence-electron chi connectivity index (χ3n) is 6.96. The summed E-state index contributed by atoms with van der Waals surface area (Å²) in [5.74, 6) is 5.96. The van der Waals surface area contributed by atoms with Crippen molar-refractivity contribution < 1.29 is 19.5 Å². The summed E-state index contributed by atoms with van der Waals surface area (Å²) >= 11 is 0. The Morgan fingerprint density at radius 3 is 2.63 bits per heavy atom. The van der Waals surface area contributed by atoms with E-state index in [1.165, 1.54) is 39.0 Å². The number of ether oxygens (including phenoxy) is 1. The second-order valence-corrected chi connectivity index (χ2v) is 8.85. The van der Waals surface area contributed by atoms with Gasteiger partial charge in [-0.05, 0) is 80.5 Å². The number of rotatable bonds is 6. The zero-order valence-corrected chi connectivity index (χ0v) is 18.3. The Balaban J connectivity index is 0.00000124. The molecule has 5 N–H and O–H groups in total. The van der Waals surface area contributed by atoms with Crippen molar-refractivity contribution in [3.05, 3.63) is 29.3 Å². The van der Waals surface area contributed by atoms with E-state index in [9.17, 15) is 9.90 Å². The second kappa shape index (κ2) is 8.94. The van der Waals surface area contributed by atoms with Crippen molar-refractivity contribution in [3.8, 4) is 5.75 Å². The maximum absolute atomic E-state index is 11.5. The zero-order valence-electron chi connectivity index (χ0n) is 18.3. The van der Waals surface area contributed by atoms with Gasteiger partial charge in [0.25, 0.3) is 0 Å². The van der Waals surface area contributed by atoms with Crippen LogP contribution in [-0.2, 0) is 16.1 Å². The number of hydrogen-bond acceptors (Lipinski definition) is 5. The van der Waals surface area contributed by atoms with Crippen molar-refractivity contribution >= 4 is 11.8 Å². The Kier molecular flexibility index (Phi) is 6.72. The Morgan fingerprint density at radius 2 is 2.07 bits per heavy atom. The fourth-order valence-corrected chi connectivity index (χ4v) is 4.90. The van der Waals surface area contributed by atoms with Crippen molar-refractivity contribution in [1.82, 2.24) is 0 Å². The SMILES string of the molecule is CC.CC(ON)(C(=O)O)C1CCc2cc(C(N)=NCC3CC4(CCC4)C3)ccc2O1. The minimum absolute atomic E-state index is 0.498. The van der Waals surface area contributed by atoms with Gasteiger partial charge in [0.15, 0.2) is 0 Å². The molecule has 1 aliphatic heterocycles. The van der Waals surface area contributed by atoms with Gasteiger partial charge in [0.05, 0.1) is 0 Å². The van der Waals surface area contributed by atoms with Gasteiger partial charge in [-0.2, -0.15) is 0 Å². The summed E-state index contributed by atoms with van der Waals surface area (Å²) in [6, 6.07) is 5.68. The van der Waals surface area contributed by atoms with Crippen LogP contribution in [0.15, 0.2) is 23.2 Å². The van der Waals surface area contributed by atoms with Crippen LogP contribution in [-0.4, -0.2) is 35.2 Å². The third-order valence-corrected chi connectivity index (χ3v) is 6.96. The molecule has 1 heterocycles. The highest BCUT2D eigenvalue weighted by Crippen LogP contribution is 2.58. The van der Waals surface area contributed by atoms with E-state index < -0.39 is 17.7 Å². The van der Waals surface area contributed by atoms with E-state index in [1.54, 1.807) is 0 Å². The standard InChI is InChI=1S/C21H29N3O4.C2H6/c1-20(28-23,19(25)26)17-6-4-14-9-15(3-5-16(14)27-17)18(22)24-12-13-10-21(11-13)7-2-8-21;1-2/h3,5,9,13,17H,2,4,6-8,10-12,23H2,1H3,(H2,22,24)(H,25,26);1-2H3. The van der Waals surface area contributed by atoms with Gasteiger partial charge in [0.2, 0.25) is 5.60 Å². The van der Waals surface area contributed by atoms with E-state index in [2.05, 4.69) is 4.99 Å². The number of aliphatic imine (C=N–C) groups is 1. The van der Waals surface area contributed by atoms with Gasteiger partial charge in [-0.25, -0.2) is 10.7 Å². The van der Waals surface area contributed by atoms with E-state index in [0.29, 0.717) is 35.8 Å². The summed E-state index contributed by atoms with van der Waals surface area (Å²) in [5.41, 5.74) is 7.17. The van der Waals surface area contributed by atoms with Crippen molar-refractivity contribution in [2.75, 3.05) is 6.54 Å². The highest BCUT2D eigenvalue weighted by molar-refractivity contribution is 5.97. The molecule has 2 saturated carbocycles. The topological polar surface area (TPSA) is 120 Å². The minimum atomic E-state index is -1.59. The second-order valence-electron chi connectivity index (χ2n) is 8.85. The summed E-state index contributed by atoms with van der Waals surface area (Å²) in [7, 11) is 0. The molecule has 7 nitrogen and oxygen atoms in total. The molecule has 2 aliphatic carbocycles. The van der Waals surface area contributed by atoms with Crippen LogP contribution < -0.4 is 16.4 Å². The van der Waals surface area contributed by atoms with Crippen molar-refractivity contribution in [1.29, 1.82) is 0 Å². The normalized spacial score (nSPS) is 24.3. The van der Waals surface area contributed by atoms with Crippen LogP contribution in [0.25, 0.3) is 0 Å². The molecule has 3 aliphatic rings. The number of carboxylic acid groups (broad SMARTS) is 1. The fourth-order valence-electron chi connectivity index (χ4n) is 4.90. The first kappa shape index (κ1) is 22.6. The van der Waals surface area contributed by atoms with Crippen molar-refractivity contribution in [3.63, 3.8) is 0 Å². The molecule has 166 valence electrons. The van der Waals surface area contributed by atoms with Gasteiger partial charge in [-0.1, -0.05) is 20.3 Å². The highest BCUT2D eigenvalue weighted by Gasteiger charge is 2.48. The molecule has 2 unspecified atom stereocenters. The highest BCUT2D eigenvalue weighted by atomic mass is 16.7. The van der Waals surface area contributed by atoms with E-state index in [4.69, 9.17) is 21.2 Å². The maximum Gasteiger partial charge on any atom is 0.341 e. The number of hydrogen-bond donors (Lipinski definition) is 3. The lowest BCUT2D eigenvalue weighted by atomic mass is 9.52. The Hall–Kier alpha value is -2.12. The molecular weight excluding hydrogens is 382 g/mol. The number of carbonyl (C=O) groups is 1. The first-order chi connectivity index (χ1) is 14.3. The van der Waals surface area contributed by atoms with E-state index in [1.807, 2.05) is 32.0 Å². The molecule has 0 saturated heterocycles. The van der Waals surface area contributed by atoms with Gasteiger partial charge >= 0.3 is 5.97 Å². The molecule has 0 bridgehead atoms. The number of aliphatic carboxylic acids is 1. The van der Waals surface area contributed by atoms with Gasteiger partial charge in [-0.3, -0.25) is 9.83 Å². The average molecular weight is 418 g/mol. The van der Waals surface area contributed by atoms with E-state index >= 15 is 0 Å². The maximum atomic E-state index is 11.5. The smallest absolute Gasteiger partial charge is 0.341 e. The van der Waals surface area contributed by atoms with Gasteiger partial charge in [0.1, 0.15) is 17.7 Å². The predicted molar refractivity (Wildman–Crippen MR) is 116 cm³/mol. The number of benzene rings is 1. The summed E-state index contributed by atoms with van der Waals surface area (Å²) in [5, 5.41) is 9.41. The number of fused-ring (bicyclic) bond motifs is 1. The monoisotopic (exact) mass is 417 g/mol. The lowest BCUT2D eigenvalue weighted by Crippen LogP contribution is -2.54. The molecule has 2 atom stereocenters. The fraction of sp³-hybridized carbons (Fsp3) is 0.652. The zero-order chi connectivity index (χ0) is 21.9. The third kappa shape index (κ3) is 4.18. The largest absolute Gasteiger partial charge is 0.486 e. The average Bonchev–Trinajstić information content (AvgIpc) is 2.71. The lowest BCUT2D eigenvalue weighted by Gasteiger charge is -2.54. The molecule has 0 radical (unpaired) electrons. The predicted octanol–water partition coefficient (Wildman–Crippen LogP) is 3.43. The first-order valence-corrected chi connectivity index (χ1v) is 11.1. The number of nitrogens with two attached hydrogens (primary N) is 2. The van der Waals surface area contributed by atoms with Gasteiger partial charge in [-0.15, -0.1) is 0 Å². The number of carboxylic acids is 1. The van der Waals surface area contributed by atoms with Crippen LogP contribution in [0, 0.1) is 11.3 Å². The van der Waals surface area contributed by atoms with E-state index in [-0.39, 0.29) is 0 Å². The molecule has 2 fully saturated rings. The Morgan fingerprint density at radius 1 is 1.37 bits per heavy atom. The number of amidine groups is 1.